The van der Waals surface area contributed by atoms with Gasteiger partial charge >= 0.3 is 0 Å². The zero-order valence-corrected chi connectivity index (χ0v) is 22.8. The average molecular weight is 544 g/mol. The van der Waals surface area contributed by atoms with Crippen LogP contribution in [0.4, 0.5) is 5.69 Å². The number of carbonyl (C=O) groups excluding carboxylic acids is 1. The van der Waals surface area contributed by atoms with Crippen LogP contribution in [0.2, 0.25) is 0 Å². The number of aromatic nitrogens is 2. The number of hydrogen-bond donors (Lipinski definition) is 2. The first-order valence-corrected chi connectivity index (χ1v) is 14.6. The summed E-state index contributed by atoms with van der Waals surface area (Å²) in [7, 11) is -3.70. The van der Waals surface area contributed by atoms with Gasteiger partial charge in [-0.25, -0.2) is 13.4 Å². The standard InChI is InChI=1S/C30H33N5O3S/c1-23-7-2-3-10-29(23)25-9-6-8-24(17-25)21-33-27-18-26(30(36)32-12-16-34-15-11-31-22-34)19-28(20-27)39(37,38)35-13-4-5-14-35/h2-3,6-11,15,17-20,22,33H,4-5,12-14,16,21H2,1H3,(H,32,36). The molecule has 1 aliphatic rings. The molecule has 1 aliphatic heterocycles. The maximum atomic E-state index is 13.4. The Morgan fingerprint density at radius 2 is 1.82 bits per heavy atom. The SMILES string of the molecule is Cc1ccccc1-c1cccc(CNc2cc(C(=O)NCCn3ccnc3)cc(S(=O)(=O)N3CCCC3)c2)c1. The molecule has 4 aromatic rings. The van der Waals surface area contributed by atoms with Gasteiger partial charge in [0.25, 0.3) is 5.91 Å². The van der Waals surface area contributed by atoms with Crippen molar-refractivity contribution in [2.75, 3.05) is 25.0 Å². The van der Waals surface area contributed by atoms with E-state index in [4.69, 9.17) is 0 Å². The van der Waals surface area contributed by atoms with E-state index in [1.165, 1.54) is 21.5 Å². The lowest BCUT2D eigenvalue weighted by molar-refractivity contribution is 0.0952. The van der Waals surface area contributed by atoms with E-state index in [1.807, 2.05) is 35.0 Å². The van der Waals surface area contributed by atoms with Crippen molar-refractivity contribution in [2.45, 2.75) is 37.8 Å². The predicted octanol–water partition coefficient (Wildman–Crippen LogP) is 4.69. The molecular weight excluding hydrogens is 510 g/mol. The monoisotopic (exact) mass is 543 g/mol. The van der Waals surface area contributed by atoms with Crippen LogP contribution in [-0.4, -0.2) is 47.8 Å². The number of benzene rings is 3. The zero-order chi connectivity index (χ0) is 27.2. The lowest BCUT2D eigenvalue weighted by atomic mass is 9.99. The molecular formula is C30H33N5O3S. The van der Waals surface area contributed by atoms with E-state index >= 15 is 0 Å². The number of rotatable bonds is 10. The van der Waals surface area contributed by atoms with Crippen LogP contribution in [0.15, 0.2) is 90.3 Å². The molecule has 0 radical (unpaired) electrons. The van der Waals surface area contributed by atoms with Gasteiger partial charge in [0.15, 0.2) is 0 Å². The number of hydrogen-bond acceptors (Lipinski definition) is 5. The summed E-state index contributed by atoms with van der Waals surface area (Å²) in [6.45, 7) is 4.53. The van der Waals surface area contributed by atoms with Crippen LogP contribution in [0.1, 0.15) is 34.3 Å². The lowest BCUT2D eigenvalue weighted by Crippen LogP contribution is -2.29. The number of sulfonamides is 1. The third-order valence-electron chi connectivity index (χ3n) is 6.97. The summed E-state index contributed by atoms with van der Waals surface area (Å²) in [5.74, 6) is -0.321. The molecule has 2 N–H and O–H groups in total. The topological polar surface area (TPSA) is 96.3 Å². The maximum absolute atomic E-state index is 13.4. The average Bonchev–Trinajstić information content (AvgIpc) is 3.68. The normalized spacial score (nSPS) is 13.9. The fraction of sp³-hybridized carbons (Fsp3) is 0.267. The van der Waals surface area contributed by atoms with E-state index in [0.717, 1.165) is 24.0 Å². The van der Waals surface area contributed by atoms with Gasteiger partial charge in [-0.15, -0.1) is 0 Å². The number of nitrogens with one attached hydrogen (secondary N) is 2. The van der Waals surface area contributed by atoms with E-state index in [2.05, 4.69) is 46.8 Å². The Morgan fingerprint density at radius 1 is 1.00 bits per heavy atom. The molecule has 2 heterocycles. The van der Waals surface area contributed by atoms with Crippen molar-refractivity contribution in [1.82, 2.24) is 19.2 Å². The Labute approximate surface area is 229 Å². The van der Waals surface area contributed by atoms with E-state index < -0.39 is 10.0 Å². The molecule has 0 saturated carbocycles. The molecule has 3 aromatic carbocycles. The first-order valence-electron chi connectivity index (χ1n) is 13.2. The molecule has 1 saturated heterocycles. The summed E-state index contributed by atoms with van der Waals surface area (Å²) in [5, 5.41) is 6.25. The molecule has 9 heteroatoms. The summed E-state index contributed by atoms with van der Waals surface area (Å²) in [6, 6.07) is 21.3. The first kappa shape index (κ1) is 26.6. The van der Waals surface area contributed by atoms with Crippen molar-refractivity contribution in [3.8, 4) is 11.1 Å². The Hall–Kier alpha value is -3.95. The van der Waals surface area contributed by atoms with Crippen molar-refractivity contribution in [1.29, 1.82) is 0 Å². The maximum Gasteiger partial charge on any atom is 0.251 e. The molecule has 39 heavy (non-hydrogen) atoms. The Bertz CT molecular complexity index is 1540. The van der Waals surface area contributed by atoms with Crippen molar-refractivity contribution < 1.29 is 13.2 Å². The summed E-state index contributed by atoms with van der Waals surface area (Å²) in [6.07, 6.45) is 6.88. The third kappa shape index (κ3) is 6.38. The van der Waals surface area contributed by atoms with Gasteiger partial charge in [-0.1, -0.05) is 42.5 Å². The predicted molar refractivity (Wildman–Crippen MR) is 153 cm³/mol. The molecule has 0 bridgehead atoms. The molecule has 1 fully saturated rings. The Balaban J connectivity index is 1.37. The van der Waals surface area contributed by atoms with E-state index in [9.17, 15) is 13.2 Å². The van der Waals surface area contributed by atoms with Crippen molar-refractivity contribution in [2.24, 2.45) is 0 Å². The van der Waals surface area contributed by atoms with E-state index in [-0.39, 0.29) is 10.8 Å². The minimum Gasteiger partial charge on any atom is -0.381 e. The smallest absolute Gasteiger partial charge is 0.251 e. The molecule has 202 valence electrons. The summed E-state index contributed by atoms with van der Waals surface area (Å²) >= 11 is 0. The number of anilines is 1. The second-order valence-electron chi connectivity index (χ2n) is 9.78. The quantitative estimate of drug-likeness (QED) is 0.303. The summed E-state index contributed by atoms with van der Waals surface area (Å²) in [4.78, 5) is 17.2. The molecule has 0 spiro atoms. The molecule has 0 aliphatic carbocycles. The van der Waals surface area contributed by atoms with Gasteiger partial charge in [-0.2, -0.15) is 4.31 Å². The number of carbonyl (C=O) groups is 1. The minimum absolute atomic E-state index is 0.128. The molecule has 1 amide bonds. The second kappa shape index (κ2) is 11.8. The Kier molecular flexibility index (Phi) is 8.09. The van der Waals surface area contributed by atoms with E-state index in [1.54, 1.807) is 24.7 Å². The number of nitrogens with zero attached hydrogens (tertiary/aromatic N) is 3. The first-order chi connectivity index (χ1) is 18.9. The molecule has 1 aromatic heterocycles. The highest BCUT2D eigenvalue weighted by Gasteiger charge is 2.28. The van der Waals surface area contributed by atoms with Gasteiger partial charge in [-0.05, 0) is 66.3 Å². The van der Waals surface area contributed by atoms with Crippen LogP contribution < -0.4 is 10.6 Å². The number of imidazole rings is 1. The second-order valence-corrected chi connectivity index (χ2v) is 11.7. The largest absolute Gasteiger partial charge is 0.381 e. The van der Waals surface area contributed by atoms with Gasteiger partial charge in [0.1, 0.15) is 0 Å². The van der Waals surface area contributed by atoms with Crippen LogP contribution in [0, 0.1) is 6.92 Å². The lowest BCUT2D eigenvalue weighted by Gasteiger charge is -2.18. The van der Waals surface area contributed by atoms with Crippen molar-refractivity contribution in [3.63, 3.8) is 0 Å². The fourth-order valence-corrected chi connectivity index (χ4v) is 6.42. The van der Waals surface area contributed by atoms with Gasteiger partial charge in [0, 0.05) is 56.4 Å². The highest BCUT2D eigenvalue weighted by molar-refractivity contribution is 7.89. The summed E-state index contributed by atoms with van der Waals surface area (Å²) in [5.41, 5.74) is 5.43. The molecule has 8 nitrogen and oxygen atoms in total. The van der Waals surface area contributed by atoms with Gasteiger partial charge in [-0.3, -0.25) is 4.79 Å². The molecule has 5 rings (SSSR count). The van der Waals surface area contributed by atoms with Crippen molar-refractivity contribution in [3.05, 3.63) is 102 Å². The summed E-state index contributed by atoms with van der Waals surface area (Å²) < 4.78 is 30.2. The third-order valence-corrected chi connectivity index (χ3v) is 8.84. The van der Waals surface area contributed by atoms with Crippen LogP contribution in [-0.2, 0) is 23.1 Å². The van der Waals surface area contributed by atoms with E-state index in [0.29, 0.717) is 44.0 Å². The van der Waals surface area contributed by atoms with Gasteiger partial charge in [0.2, 0.25) is 10.0 Å². The fourth-order valence-electron chi connectivity index (χ4n) is 4.83. The van der Waals surface area contributed by atoms with Gasteiger partial charge in [0.05, 0.1) is 11.2 Å². The zero-order valence-electron chi connectivity index (χ0n) is 22.0. The van der Waals surface area contributed by atoms with Crippen LogP contribution in [0.25, 0.3) is 11.1 Å². The molecule has 0 atom stereocenters. The highest BCUT2D eigenvalue weighted by atomic mass is 32.2. The molecule has 0 unspecified atom stereocenters. The van der Waals surface area contributed by atoms with Gasteiger partial charge < -0.3 is 15.2 Å². The number of amides is 1. The van der Waals surface area contributed by atoms with Crippen LogP contribution in [0.5, 0.6) is 0 Å². The van der Waals surface area contributed by atoms with Crippen LogP contribution in [0.3, 0.4) is 0 Å². The van der Waals surface area contributed by atoms with Crippen molar-refractivity contribution >= 4 is 21.6 Å². The number of aryl methyl sites for hydroxylation is 1. The Morgan fingerprint density at radius 3 is 2.59 bits per heavy atom. The minimum atomic E-state index is -3.70. The van der Waals surface area contributed by atoms with Crippen LogP contribution >= 0.6 is 0 Å². The highest BCUT2D eigenvalue weighted by Crippen LogP contribution is 2.27.